The zero-order chi connectivity index (χ0) is 18.6. The van der Waals surface area contributed by atoms with E-state index in [1.807, 2.05) is 36.5 Å². The molecule has 2 nitrogen and oxygen atoms in total. The maximum atomic E-state index is 9.08. The highest BCUT2D eigenvalue weighted by Gasteiger charge is 2.15. The number of rotatable bonds is 3. The van der Waals surface area contributed by atoms with Crippen LogP contribution in [0, 0.1) is 18.3 Å². The molecule has 3 aromatic carbocycles. The van der Waals surface area contributed by atoms with Crippen LogP contribution < -0.4 is 0 Å². The summed E-state index contributed by atoms with van der Waals surface area (Å²) in [7, 11) is 0. The van der Waals surface area contributed by atoms with Gasteiger partial charge in [-0.2, -0.15) is 5.26 Å². The molecule has 0 radical (unpaired) electrons. The minimum Gasteiger partial charge on any atom is -0.256 e. The Kier molecular flexibility index (Phi) is 4.51. The van der Waals surface area contributed by atoms with Gasteiger partial charge in [0.25, 0.3) is 0 Å². The number of hydrogen-bond donors (Lipinski definition) is 0. The average Bonchev–Trinajstić information content (AvgIpc) is 2.74. The Morgan fingerprint density at radius 1 is 0.704 bits per heavy atom. The lowest BCUT2D eigenvalue weighted by Crippen LogP contribution is -1.93. The van der Waals surface area contributed by atoms with Crippen molar-refractivity contribution in [2.45, 2.75) is 6.92 Å². The highest BCUT2D eigenvalue weighted by atomic mass is 14.7. The fraction of sp³-hybridized carbons (Fsp3) is 0.0400. The molecule has 4 rings (SSSR count). The van der Waals surface area contributed by atoms with Crippen LogP contribution in [-0.4, -0.2) is 4.98 Å². The van der Waals surface area contributed by atoms with Crippen LogP contribution in [0.25, 0.3) is 33.5 Å². The van der Waals surface area contributed by atoms with Crippen molar-refractivity contribution in [3.8, 4) is 39.6 Å². The van der Waals surface area contributed by atoms with Crippen LogP contribution in [0.1, 0.15) is 11.1 Å². The molecular weight excluding hydrogens is 328 g/mol. The summed E-state index contributed by atoms with van der Waals surface area (Å²) in [5.74, 6) is 0. The van der Waals surface area contributed by atoms with Crippen molar-refractivity contribution in [2.75, 3.05) is 0 Å². The Labute approximate surface area is 159 Å². The lowest BCUT2D eigenvalue weighted by atomic mass is 9.91. The molecule has 4 aromatic rings. The number of aromatic nitrogens is 1. The second-order valence-corrected chi connectivity index (χ2v) is 6.50. The minimum absolute atomic E-state index is 0.648. The molecule has 0 saturated heterocycles. The molecule has 1 heterocycles. The normalized spacial score (nSPS) is 10.4. The summed E-state index contributed by atoms with van der Waals surface area (Å²) in [6.07, 6.45) is 1.85. The van der Waals surface area contributed by atoms with Gasteiger partial charge in [-0.05, 0) is 41.8 Å². The summed E-state index contributed by atoms with van der Waals surface area (Å²) in [5.41, 5.74) is 8.34. The number of hydrogen-bond acceptors (Lipinski definition) is 2. The van der Waals surface area contributed by atoms with Gasteiger partial charge in [0.05, 0.1) is 17.3 Å². The van der Waals surface area contributed by atoms with Crippen LogP contribution in [0.4, 0.5) is 0 Å². The molecule has 0 spiro atoms. The standard InChI is InChI=1S/C25H18N2/c1-18-7-11-21(12-8-18)24-23(20-5-3-2-4-6-20)15-16-27-25(24)22-13-9-19(17-26)10-14-22/h2-16H,1H3. The van der Waals surface area contributed by atoms with Crippen LogP contribution >= 0.6 is 0 Å². The molecule has 27 heavy (non-hydrogen) atoms. The van der Waals surface area contributed by atoms with Crippen LogP contribution in [0.3, 0.4) is 0 Å². The summed E-state index contributed by atoms with van der Waals surface area (Å²) in [6.45, 7) is 2.09. The molecule has 0 amide bonds. The van der Waals surface area contributed by atoms with Gasteiger partial charge < -0.3 is 0 Å². The maximum absolute atomic E-state index is 9.08. The SMILES string of the molecule is Cc1ccc(-c2c(-c3ccccc3)ccnc2-c2ccc(C#N)cc2)cc1. The number of benzene rings is 3. The van der Waals surface area contributed by atoms with E-state index in [1.165, 1.54) is 5.56 Å². The molecule has 0 atom stereocenters. The van der Waals surface area contributed by atoms with E-state index in [9.17, 15) is 0 Å². The van der Waals surface area contributed by atoms with E-state index in [0.717, 1.165) is 33.5 Å². The maximum Gasteiger partial charge on any atom is 0.0991 e. The summed E-state index contributed by atoms with van der Waals surface area (Å²) in [5, 5.41) is 9.08. The molecular formula is C25H18N2. The summed E-state index contributed by atoms with van der Waals surface area (Å²) >= 11 is 0. The highest BCUT2D eigenvalue weighted by molar-refractivity contribution is 5.92. The van der Waals surface area contributed by atoms with E-state index in [0.29, 0.717) is 5.56 Å². The first-order valence-corrected chi connectivity index (χ1v) is 8.88. The third-order valence-corrected chi connectivity index (χ3v) is 4.66. The lowest BCUT2D eigenvalue weighted by molar-refractivity contribution is 1.32. The van der Waals surface area contributed by atoms with E-state index < -0.39 is 0 Å². The zero-order valence-corrected chi connectivity index (χ0v) is 15.1. The first-order valence-electron chi connectivity index (χ1n) is 8.88. The topological polar surface area (TPSA) is 36.7 Å². The molecule has 0 unspecified atom stereocenters. The smallest absolute Gasteiger partial charge is 0.0991 e. The number of nitrogens with zero attached hydrogens (tertiary/aromatic N) is 2. The highest BCUT2D eigenvalue weighted by Crippen LogP contribution is 2.38. The van der Waals surface area contributed by atoms with Gasteiger partial charge in [0.2, 0.25) is 0 Å². The minimum atomic E-state index is 0.648. The van der Waals surface area contributed by atoms with Gasteiger partial charge in [0.1, 0.15) is 0 Å². The molecule has 0 aliphatic heterocycles. The summed E-state index contributed by atoms with van der Waals surface area (Å²) in [4.78, 5) is 4.71. The third kappa shape index (κ3) is 3.36. The molecule has 0 aliphatic carbocycles. The quantitative estimate of drug-likeness (QED) is 0.439. The van der Waals surface area contributed by atoms with Crippen LogP contribution in [0.2, 0.25) is 0 Å². The van der Waals surface area contributed by atoms with Crippen molar-refractivity contribution in [1.82, 2.24) is 4.98 Å². The Balaban J connectivity index is 1.98. The van der Waals surface area contributed by atoms with Crippen molar-refractivity contribution in [3.63, 3.8) is 0 Å². The second kappa shape index (κ2) is 7.27. The van der Waals surface area contributed by atoms with E-state index >= 15 is 0 Å². The predicted octanol–water partition coefficient (Wildman–Crippen LogP) is 6.26. The number of aryl methyl sites for hydroxylation is 1. The largest absolute Gasteiger partial charge is 0.256 e. The monoisotopic (exact) mass is 346 g/mol. The van der Waals surface area contributed by atoms with Gasteiger partial charge in [-0.3, -0.25) is 4.98 Å². The molecule has 128 valence electrons. The fourth-order valence-electron chi connectivity index (χ4n) is 3.25. The molecule has 1 aromatic heterocycles. The second-order valence-electron chi connectivity index (χ2n) is 6.50. The van der Waals surface area contributed by atoms with Gasteiger partial charge in [0.15, 0.2) is 0 Å². The van der Waals surface area contributed by atoms with E-state index in [-0.39, 0.29) is 0 Å². The average molecular weight is 346 g/mol. The summed E-state index contributed by atoms with van der Waals surface area (Å²) < 4.78 is 0. The predicted molar refractivity (Wildman–Crippen MR) is 110 cm³/mol. The molecule has 0 aliphatic rings. The number of pyridine rings is 1. The van der Waals surface area contributed by atoms with E-state index in [4.69, 9.17) is 10.2 Å². The van der Waals surface area contributed by atoms with E-state index in [1.54, 1.807) is 0 Å². The Bertz CT molecular complexity index is 1100. The molecule has 0 N–H and O–H groups in total. The number of nitriles is 1. The van der Waals surface area contributed by atoms with Gasteiger partial charge in [-0.25, -0.2) is 0 Å². The van der Waals surface area contributed by atoms with Crippen molar-refractivity contribution in [2.24, 2.45) is 0 Å². The van der Waals surface area contributed by atoms with Crippen molar-refractivity contribution >= 4 is 0 Å². The van der Waals surface area contributed by atoms with Gasteiger partial charge >= 0.3 is 0 Å². The van der Waals surface area contributed by atoms with Gasteiger partial charge in [0, 0.05) is 17.3 Å². The molecule has 0 bridgehead atoms. The van der Waals surface area contributed by atoms with Crippen molar-refractivity contribution in [3.05, 3.63) is 102 Å². The third-order valence-electron chi connectivity index (χ3n) is 4.66. The Hall–Kier alpha value is -3.70. The first-order chi connectivity index (χ1) is 13.3. The van der Waals surface area contributed by atoms with Crippen LogP contribution in [0.5, 0.6) is 0 Å². The van der Waals surface area contributed by atoms with Gasteiger partial charge in [-0.1, -0.05) is 72.3 Å². The Morgan fingerprint density at radius 2 is 1.37 bits per heavy atom. The van der Waals surface area contributed by atoms with Crippen molar-refractivity contribution in [1.29, 1.82) is 5.26 Å². The van der Waals surface area contributed by atoms with Crippen LogP contribution in [-0.2, 0) is 0 Å². The molecule has 0 saturated carbocycles. The Morgan fingerprint density at radius 3 is 2.04 bits per heavy atom. The van der Waals surface area contributed by atoms with Crippen molar-refractivity contribution < 1.29 is 0 Å². The molecule has 2 heteroatoms. The van der Waals surface area contributed by atoms with Gasteiger partial charge in [-0.15, -0.1) is 0 Å². The fourth-order valence-corrected chi connectivity index (χ4v) is 3.25. The van der Waals surface area contributed by atoms with E-state index in [2.05, 4.69) is 67.6 Å². The first kappa shape index (κ1) is 16.8. The van der Waals surface area contributed by atoms with Crippen LogP contribution in [0.15, 0.2) is 91.1 Å². The zero-order valence-electron chi connectivity index (χ0n) is 15.1. The summed E-state index contributed by atoms with van der Waals surface area (Å²) in [6, 6.07) is 30.8. The molecule has 0 fully saturated rings. The lowest BCUT2D eigenvalue weighted by Gasteiger charge is -2.15.